The Bertz CT molecular complexity index is 460. The van der Waals surface area contributed by atoms with Crippen molar-refractivity contribution < 1.29 is 9.32 Å². The molecule has 0 aromatic carbocycles. The van der Waals surface area contributed by atoms with Crippen molar-refractivity contribution in [3.8, 4) is 0 Å². The molecule has 7 nitrogen and oxygen atoms in total. The Morgan fingerprint density at radius 1 is 1.52 bits per heavy atom. The number of amides is 1. The molecule has 1 fully saturated rings. The van der Waals surface area contributed by atoms with E-state index in [4.69, 9.17) is 4.52 Å². The Kier molecular flexibility index (Phi) is 5.69. The smallest absolute Gasteiger partial charge is 0.240 e. The van der Waals surface area contributed by atoms with Gasteiger partial charge in [0.1, 0.15) is 6.04 Å². The summed E-state index contributed by atoms with van der Waals surface area (Å²) in [6.45, 7) is 5.00. The number of carbonyl (C=O) groups excluding carboxylic acids is 1. The van der Waals surface area contributed by atoms with Crippen LogP contribution in [-0.4, -0.2) is 65.6 Å². The fourth-order valence-electron chi connectivity index (χ4n) is 2.44. The lowest BCUT2D eigenvalue weighted by atomic mass is 10.1. The zero-order valence-corrected chi connectivity index (χ0v) is 13.1. The van der Waals surface area contributed by atoms with Crippen LogP contribution in [0.25, 0.3) is 0 Å². The van der Waals surface area contributed by atoms with E-state index in [2.05, 4.69) is 27.3 Å². The van der Waals surface area contributed by atoms with Crippen LogP contribution in [0.5, 0.6) is 0 Å². The molecule has 1 aromatic rings. The Labute approximate surface area is 125 Å². The molecule has 1 aromatic heterocycles. The Balaban J connectivity index is 1.98. The zero-order chi connectivity index (χ0) is 15.2. The van der Waals surface area contributed by atoms with Crippen LogP contribution >= 0.6 is 0 Å². The van der Waals surface area contributed by atoms with Gasteiger partial charge in [0, 0.05) is 40.2 Å². The second kappa shape index (κ2) is 7.51. The lowest BCUT2D eigenvalue weighted by Crippen LogP contribution is -2.57. The van der Waals surface area contributed by atoms with Gasteiger partial charge in [-0.15, -0.1) is 0 Å². The first kappa shape index (κ1) is 15.9. The maximum Gasteiger partial charge on any atom is 0.240 e. The molecule has 0 saturated carbocycles. The van der Waals surface area contributed by atoms with Crippen molar-refractivity contribution in [2.75, 3.05) is 33.7 Å². The van der Waals surface area contributed by atoms with E-state index < -0.39 is 0 Å². The highest BCUT2D eigenvalue weighted by atomic mass is 16.5. The monoisotopic (exact) mass is 295 g/mol. The molecule has 1 aliphatic heterocycles. The molecule has 0 radical (unpaired) electrons. The number of piperazine rings is 1. The average Bonchev–Trinajstić information content (AvgIpc) is 2.92. The van der Waals surface area contributed by atoms with Crippen molar-refractivity contribution >= 4 is 5.91 Å². The number of nitrogens with one attached hydrogen (secondary N) is 1. The van der Waals surface area contributed by atoms with Crippen molar-refractivity contribution in [1.82, 2.24) is 25.3 Å². The van der Waals surface area contributed by atoms with Gasteiger partial charge in [-0.25, -0.2) is 0 Å². The van der Waals surface area contributed by atoms with Crippen LogP contribution in [0, 0.1) is 0 Å². The Hall–Kier alpha value is -1.47. The Morgan fingerprint density at radius 3 is 3.05 bits per heavy atom. The van der Waals surface area contributed by atoms with Gasteiger partial charge >= 0.3 is 0 Å². The Morgan fingerprint density at radius 2 is 2.33 bits per heavy atom. The first-order chi connectivity index (χ1) is 10.1. The molecule has 1 amide bonds. The number of aryl methyl sites for hydroxylation is 1. The normalized spacial score (nSPS) is 19.7. The van der Waals surface area contributed by atoms with Crippen LogP contribution in [0.2, 0.25) is 0 Å². The van der Waals surface area contributed by atoms with Gasteiger partial charge in [0.25, 0.3) is 0 Å². The van der Waals surface area contributed by atoms with Gasteiger partial charge in [-0.05, 0) is 6.42 Å². The van der Waals surface area contributed by atoms with E-state index in [-0.39, 0.29) is 11.9 Å². The van der Waals surface area contributed by atoms with Gasteiger partial charge < -0.3 is 14.7 Å². The van der Waals surface area contributed by atoms with E-state index in [0.29, 0.717) is 19.0 Å². The maximum absolute atomic E-state index is 12.2. The van der Waals surface area contributed by atoms with Crippen LogP contribution in [0.1, 0.15) is 31.5 Å². The summed E-state index contributed by atoms with van der Waals surface area (Å²) in [5.74, 6) is 1.46. The molecule has 2 rings (SSSR count). The second-order valence-corrected chi connectivity index (χ2v) is 5.63. The minimum Gasteiger partial charge on any atom is -0.347 e. The molecule has 0 bridgehead atoms. The molecule has 1 unspecified atom stereocenters. The standard InChI is InChI=1S/C14H25N5O2/c1-4-5-6-12-16-13(21-17-12)10-19-8-7-15-9-11(19)14(20)18(2)3/h11,15H,4-10H2,1-3H3. The number of rotatable bonds is 6. The number of unbranched alkanes of at least 4 members (excludes halogenated alkanes) is 1. The third kappa shape index (κ3) is 4.25. The molecule has 1 saturated heterocycles. The van der Waals surface area contributed by atoms with E-state index in [1.165, 1.54) is 0 Å². The lowest BCUT2D eigenvalue weighted by molar-refractivity contribution is -0.135. The summed E-state index contributed by atoms with van der Waals surface area (Å²) in [5, 5.41) is 7.26. The van der Waals surface area contributed by atoms with Gasteiger partial charge in [0.2, 0.25) is 11.8 Å². The summed E-state index contributed by atoms with van der Waals surface area (Å²) in [7, 11) is 3.56. The van der Waals surface area contributed by atoms with E-state index >= 15 is 0 Å². The first-order valence-corrected chi connectivity index (χ1v) is 7.59. The SMILES string of the molecule is CCCCc1noc(CN2CCNCC2C(=O)N(C)C)n1. The molecule has 1 N–H and O–H groups in total. The summed E-state index contributed by atoms with van der Waals surface area (Å²) >= 11 is 0. The van der Waals surface area contributed by atoms with Crippen molar-refractivity contribution in [3.05, 3.63) is 11.7 Å². The summed E-state index contributed by atoms with van der Waals surface area (Å²) in [5.41, 5.74) is 0. The number of hydrogen-bond donors (Lipinski definition) is 1. The second-order valence-electron chi connectivity index (χ2n) is 5.63. The largest absolute Gasteiger partial charge is 0.347 e. The van der Waals surface area contributed by atoms with E-state index in [0.717, 1.165) is 38.2 Å². The average molecular weight is 295 g/mol. The summed E-state index contributed by atoms with van der Waals surface area (Å²) in [6, 6.07) is -0.167. The number of carbonyl (C=O) groups is 1. The molecule has 0 spiro atoms. The fraction of sp³-hybridized carbons (Fsp3) is 0.786. The minimum absolute atomic E-state index is 0.105. The molecular formula is C14H25N5O2. The number of likely N-dealkylation sites (N-methyl/N-ethyl adjacent to an activating group) is 1. The number of aromatic nitrogens is 2. The number of nitrogens with zero attached hydrogens (tertiary/aromatic N) is 4. The van der Waals surface area contributed by atoms with Crippen molar-refractivity contribution in [3.63, 3.8) is 0 Å². The van der Waals surface area contributed by atoms with Crippen LogP contribution < -0.4 is 5.32 Å². The maximum atomic E-state index is 12.2. The quantitative estimate of drug-likeness (QED) is 0.812. The van der Waals surface area contributed by atoms with Gasteiger partial charge in [-0.1, -0.05) is 18.5 Å². The molecule has 118 valence electrons. The molecule has 2 heterocycles. The molecule has 1 atom stereocenters. The zero-order valence-electron chi connectivity index (χ0n) is 13.1. The predicted octanol–water partition coefficient (Wildman–Crippen LogP) is 0.274. The van der Waals surface area contributed by atoms with E-state index in [9.17, 15) is 4.79 Å². The molecule has 21 heavy (non-hydrogen) atoms. The van der Waals surface area contributed by atoms with Gasteiger partial charge in [0.05, 0.1) is 6.54 Å². The summed E-state index contributed by atoms with van der Waals surface area (Å²) < 4.78 is 5.30. The predicted molar refractivity (Wildman–Crippen MR) is 78.7 cm³/mol. The minimum atomic E-state index is -0.167. The highest BCUT2D eigenvalue weighted by Crippen LogP contribution is 2.11. The third-order valence-corrected chi connectivity index (χ3v) is 3.68. The van der Waals surface area contributed by atoms with Gasteiger partial charge in [-0.3, -0.25) is 9.69 Å². The number of hydrogen-bond acceptors (Lipinski definition) is 6. The molecule has 7 heteroatoms. The topological polar surface area (TPSA) is 74.5 Å². The van der Waals surface area contributed by atoms with E-state index in [1.807, 2.05) is 0 Å². The van der Waals surface area contributed by atoms with E-state index in [1.54, 1.807) is 19.0 Å². The van der Waals surface area contributed by atoms with Crippen molar-refractivity contribution in [1.29, 1.82) is 0 Å². The molecular weight excluding hydrogens is 270 g/mol. The van der Waals surface area contributed by atoms with Crippen LogP contribution in [0.3, 0.4) is 0 Å². The summed E-state index contributed by atoms with van der Waals surface area (Å²) in [4.78, 5) is 20.4. The molecule has 1 aliphatic rings. The molecule has 0 aliphatic carbocycles. The highest BCUT2D eigenvalue weighted by Gasteiger charge is 2.30. The van der Waals surface area contributed by atoms with Crippen LogP contribution in [0.15, 0.2) is 4.52 Å². The van der Waals surface area contributed by atoms with Crippen LogP contribution in [-0.2, 0) is 17.8 Å². The van der Waals surface area contributed by atoms with Gasteiger partial charge in [0.15, 0.2) is 5.82 Å². The third-order valence-electron chi connectivity index (χ3n) is 3.68. The van der Waals surface area contributed by atoms with Crippen molar-refractivity contribution in [2.24, 2.45) is 0 Å². The summed E-state index contributed by atoms with van der Waals surface area (Å²) in [6.07, 6.45) is 3.02. The highest BCUT2D eigenvalue weighted by molar-refractivity contribution is 5.81. The van der Waals surface area contributed by atoms with Crippen LogP contribution in [0.4, 0.5) is 0 Å². The first-order valence-electron chi connectivity index (χ1n) is 7.59. The fourth-order valence-corrected chi connectivity index (χ4v) is 2.44. The van der Waals surface area contributed by atoms with Gasteiger partial charge in [-0.2, -0.15) is 4.98 Å². The van der Waals surface area contributed by atoms with Crippen molar-refractivity contribution in [2.45, 2.75) is 38.8 Å². The lowest BCUT2D eigenvalue weighted by Gasteiger charge is -2.35.